The summed E-state index contributed by atoms with van der Waals surface area (Å²) in [6.07, 6.45) is -9.61. The van der Waals surface area contributed by atoms with Crippen molar-refractivity contribution in [1.29, 1.82) is 0 Å². The third kappa shape index (κ3) is 5.64. The number of halogens is 7. The number of anilines is 1. The van der Waals surface area contributed by atoms with E-state index in [1.807, 2.05) is 0 Å². The molecule has 0 unspecified atom stereocenters. The van der Waals surface area contributed by atoms with Crippen molar-refractivity contribution in [1.82, 2.24) is 10.2 Å². The second kappa shape index (κ2) is 10.2. The van der Waals surface area contributed by atoms with Crippen LogP contribution in [0, 0.1) is 12.7 Å². The molecule has 220 valence electrons. The minimum absolute atomic E-state index is 0.108. The van der Waals surface area contributed by atoms with E-state index in [2.05, 4.69) is 15.5 Å². The van der Waals surface area contributed by atoms with Crippen molar-refractivity contribution in [2.24, 2.45) is 0 Å². The van der Waals surface area contributed by atoms with E-state index >= 15 is 4.39 Å². The van der Waals surface area contributed by atoms with E-state index in [4.69, 9.17) is 9.47 Å². The first-order valence-corrected chi connectivity index (χ1v) is 13.5. The molecule has 41 heavy (non-hydrogen) atoms. The van der Waals surface area contributed by atoms with Crippen molar-refractivity contribution in [3.8, 4) is 17.4 Å². The Morgan fingerprint density at radius 1 is 1.05 bits per heavy atom. The number of carbonyl (C=O) groups excluding carboxylic acids is 1. The summed E-state index contributed by atoms with van der Waals surface area (Å²) in [6, 6.07) is 6.57. The molecule has 2 aromatic carbocycles. The number of hydrogen-bond acceptors (Lipinski definition) is 7. The number of aromatic nitrogens is 2. The molecule has 1 saturated carbocycles. The van der Waals surface area contributed by atoms with Crippen molar-refractivity contribution in [3.05, 3.63) is 64.6 Å². The number of benzene rings is 2. The molecule has 1 N–H and O–H groups in total. The van der Waals surface area contributed by atoms with Gasteiger partial charge in [0.25, 0.3) is 11.8 Å². The van der Waals surface area contributed by atoms with Crippen LogP contribution in [0.15, 0.2) is 41.3 Å². The third-order valence-electron chi connectivity index (χ3n) is 6.48. The maximum absolute atomic E-state index is 15.3. The van der Waals surface area contributed by atoms with Crippen molar-refractivity contribution >= 4 is 21.4 Å². The molecule has 0 bridgehead atoms. The predicted molar refractivity (Wildman–Crippen MR) is 129 cm³/mol. The fraction of sp³-hybridized carbons (Fsp3) is 0.320. The minimum atomic E-state index is -5.05. The highest BCUT2D eigenvalue weighted by Gasteiger charge is 2.65. The molecular formula is C25H20F7N3O5S. The number of alkyl halides is 6. The maximum Gasteiger partial charge on any atom is 0.435 e. The van der Waals surface area contributed by atoms with Crippen LogP contribution in [0.25, 0.3) is 0 Å². The Labute approximate surface area is 228 Å². The van der Waals surface area contributed by atoms with Gasteiger partial charge in [-0.15, -0.1) is 10.2 Å². The summed E-state index contributed by atoms with van der Waals surface area (Å²) in [6.45, 7) is 0.896. The average Bonchev–Trinajstić information content (AvgIpc) is 3.65. The summed E-state index contributed by atoms with van der Waals surface area (Å²) < 4.78 is 131. The number of nitrogens with one attached hydrogen (secondary N) is 1. The fourth-order valence-corrected chi connectivity index (χ4v) is 4.89. The van der Waals surface area contributed by atoms with Gasteiger partial charge in [0, 0.05) is 17.5 Å². The Morgan fingerprint density at radius 2 is 1.71 bits per heavy atom. The average molecular weight is 608 g/mol. The SMILES string of the molecule is COc1c(Oc2nnc(C(F)(F)F)c(C)c2C(=O)Nc2cccc(S(C)(=O)=O)c2)ccc(C2(C(F)(F)F)CC2)c1F. The van der Waals surface area contributed by atoms with Crippen LogP contribution in [0.2, 0.25) is 0 Å². The summed E-state index contributed by atoms with van der Waals surface area (Å²) in [5, 5.41) is 8.68. The highest BCUT2D eigenvalue weighted by Crippen LogP contribution is 2.60. The fourth-order valence-electron chi connectivity index (χ4n) is 4.22. The van der Waals surface area contributed by atoms with E-state index in [0.29, 0.717) is 0 Å². The normalized spacial score (nSPS) is 14.9. The lowest BCUT2D eigenvalue weighted by molar-refractivity contribution is -0.161. The van der Waals surface area contributed by atoms with E-state index in [9.17, 15) is 39.6 Å². The van der Waals surface area contributed by atoms with Crippen LogP contribution in [0.3, 0.4) is 0 Å². The summed E-state index contributed by atoms with van der Waals surface area (Å²) in [7, 11) is -2.77. The number of sulfone groups is 1. The Bertz CT molecular complexity index is 1640. The van der Waals surface area contributed by atoms with Crippen molar-refractivity contribution < 1.29 is 53.4 Å². The standard InChI is InChI=1S/C25H20F7N3O5S/c1-12-17(21(36)33-13-5-4-6-14(11-13)41(3,37)38)22(35-34-20(12)24(27,28)29)40-16-8-7-15(18(26)19(16)39-2)23(9-10-23)25(30,31)32/h4-8,11H,9-10H2,1-3H3,(H,33,36). The van der Waals surface area contributed by atoms with Gasteiger partial charge in [-0.1, -0.05) is 12.1 Å². The van der Waals surface area contributed by atoms with Gasteiger partial charge in [0.2, 0.25) is 0 Å². The number of amides is 1. The van der Waals surface area contributed by atoms with Crippen molar-refractivity contribution in [3.63, 3.8) is 0 Å². The molecule has 3 aromatic rings. The molecule has 16 heteroatoms. The molecule has 0 radical (unpaired) electrons. The molecule has 1 aliphatic carbocycles. The Kier molecular flexibility index (Phi) is 7.43. The number of carbonyl (C=O) groups is 1. The molecule has 0 saturated heterocycles. The third-order valence-corrected chi connectivity index (χ3v) is 7.59. The monoisotopic (exact) mass is 607 g/mol. The number of hydrogen-bond donors (Lipinski definition) is 1. The molecule has 1 aliphatic rings. The van der Waals surface area contributed by atoms with Crippen LogP contribution in [-0.2, 0) is 21.4 Å². The lowest BCUT2D eigenvalue weighted by Gasteiger charge is -2.22. The van der Waals surface area contributed by atoms with Gasteiger partial charge < -0.3 is 14.8 Å². The van der Waals surface area contributed by atoms with Gasteiger partial charge in [0.15, 0.2) is 32.8 Å². The number of methoxy groups -OCH3 is 1. The van der Waals surface area contributed by atoms with Gasteiger partial charge >= 0.3 is 12.4 Å². The van der Waals surface area contributed by atoms with Crippen LogP contribution in [0.4, 0.5) is 36.4 Å². The summed E-state index contributed by atoms with van der Waals surface area (Å²) in [5.41, 5.74) is -6.33. The molecule has 1 aromatic heterocycles. The summed E-state index contributed by atoms with van der Waals surface area (Å²) in [4.78, 5) is 13.0. The second-order valence-electron chi connectivity index (χ2n) is 9.25. The lowest BCUT2D eigenvalue weighted by Crippen LogP contribution is -2.29. The first kappa shape index (κ1) is 30.0. The zero-order valence-electron chi connectivity index (χ0n) is 21.4. The first-order valence-electron chi connectivity index (χ1n) is 11.6. The molecule has 0 atom stereocenters. The highest BCUT2D eigenvalue weighted by atomic mass is 32.2. The Balaban J connectivity index is 1.79. The zero-order chi connectivity index (χ0) is 30.5. The number of ether oxygens (including phenoxy) is 2. The van der Waals surface area contributed by atoms with E-state index in [1.54, 1.807) is 0 Å². The van der Waals surface area contributed by atoms with Crippen LogP contribution in [0.1, 0.15) is 40.0 Å². The second-order valence-corrected chi connectivity index (χ2v) is 11.3. The van der Waals surface area contributed by atoms with Gasteiger partial charge in [-0.3, -0.25) is 4.79 Å². The molecular weight excluding hydrogens is 587 g/mol. The van der Waals surface area contributed by atoms with Gasteiger partial charge in [0.05, 0.1) is 17.4 Å². The molecule has 8 nitrogen and oxygen atoms in total. The van der Waals surface area contributed by atoms with Gasteiger partial charge in [-0.2, -0.15) is 26.3 Å². The molecule has 4 rings (SSSR count). The number of rotatable bonds is 7. The molecule has 1 heterocycles. The van der Waals surface area contributed by atoms with Crippen LogP contribution < -0.4 is 14.8 Å². The Morgan fingerprint density at radius 3 is 2.24 bits per heavy atom. The Hall–Kier alpha value is -3.95. The molecule has 0 aliphatic heterocycles. The molecule has 0 spiro atoms. The van der Waals surface area contributed by atoms with E-state index in [0.717, 1.165) is 38.5 Å². The first-order chi connectivity index (χ1) is 18.9. The highest BCUT2D eigenvalue weighted by molar-refractivity contribution is 7.90. The van der Waals surface area contributed by atoms with Crippen LogP contribution in [0.5, 0.6) is 17.4 Å². The van der Waals surface area contributed by atoms with Crippen molar-refractivity contribution in [2.75, 3.05) is 18.7 Å². The quantitative estimate of drug-likeness (QED) is 0.329. The molecule has 1 amide bonds. The largest absolute Gasteiger partial charge is 0.490 e. The predicted octanol–water partition coefficient (Wildman–Crippen LogP) is 5.99. The van der Waals surface area contributed by atoms with E-state index in [-0.39, 0.29) is 23.4 Å². The van der Waals surface area contributed by atoms with Gasteiger partial charge in [-0.25, -0.2) is 12.8 Å². The summed E-state index contributed by atoms with van der Waals surface area (Å²) >= 11 is 0. The molecule has 1 fully saturated rings. The van der Waals surface area contributed by atoms with Crippen LogP contribution >= 0.6 is 0 Å². The smallest absolute Gasteiger partial charge is 0.435 e. The van der Waals surface area contributed by atoms with Gasteiger partial charge in [-0.05, 0) is 49.6 Å². The number of nitrogens with zero attached hydrogens (tertiary/aromatic N) is 2. The van der Waals surface area contributed by atoms with E-state index in [1.165, 1.54) is 18.2 Å². The van der Waals surface area contributed by atoms with Crippen LogP contribution in [-0.4, -0.2) is 44.1 Å². The zero-order valence-corrected chi connectivity index (χ0v) is 22.2. The van der Waals surface area contributed by atoms with Crippen molar-refractivity contribution in [2.45, 2.75) is 42.4 Å². The topological polar surface area (TPSA) is 107 Å². The summed E-state index contributed by atoms with van der Waals surface area (Å²) in [5.74, 6) is -4.87. The van der Waals surface area contributed by atoms with Gasteiger partial charge in [0.1, 0.15) is 5.56 Å². The minimum Gasteiger partial charge on any atom is -0.490 e. The lowest BCUT2D eigenvalue weighted by atomic mass is 9.94. The van der Waals surface area contributed by atoms with E-state index < -0.39 is 79.1 Å². The maximum atomic E-state index is 15.3.